The minimum Gasteiger partial charge on any atom is -0.454 e. The van der Waals surface area contributed by atoms with Gasteiger partial charge in [-0.3, -0.25) is 5.10 Å². The molecular formula is C11H11N3O2. The van der Waals surface area contributed by atoms with Crippen molar-refractivity contribution in [3.05, 3.63) is 23.9 Å². The molecule has 3 N–H and O–H groups in total. The number of hydrogen-bond acceptors (Lipinski definition) is 4. The number of nitrogens with two attached hydrogens (primary N) is 1. The average molecular weight is 217 g/mol. The Kier molecular flexibility index (Phi) is 1.80. The summed E-state index contributed by atoms with van der Waals surface area (Å²) in [6.45, 7) is 2.26. The number of aromatic amines is 1. The van der Waals surface area contributed by atoms with Crippen molar-refractivity contribution in [1.29, 1.82) is 0 Å². The predicted molar refractivity (Wildman–Crippen MR) is 59.3 cm³/mol. The van der Waals surface area contributed by atoms with Gasteiger partial charge in [0.15, 0.2) is 11.5 Å². The second-order valence-electron chi connectivity index (χ2n) is 3.69. The van der Waals surface area contributed by atoms with Crippen LogP contribution in [-0.2, 0) is 0 Å². The zero-order valence-corrected chi connectivity index (χ0v) is 8.78. The molecule has 0 saturated carbocycles. The highest BCUT2D eigenvalue weighted by molar-refractivity contribution is 5.83. The molecule has 0 aliphatic carbocycles. The van der Waals surface area contributed by atoms with Crippen LogP contribution >= 0.6 is 0 Å². The van der Waals surface area contributed by atoms with Crippen LogP contribution in [0.5, 0.6) is 11.5 Å². The quantitative estimate of drug-likeness (QED) is 0.762. The first kappa shape index (κ1) is 9.08. The summed E-state index contributed by atoms with van der Waals surface area (Å²) in [6, 6.07) is 3.88. The number of ether oxygens (including phenoxy) is 2. The van der Waals surface area contributed by atoms with E-state index >= 15 is 0 Å². The SMILES string of the molecule is Cc1ccc2c(c1-c1cn[nH]c1N)OCO2. The smallest absolute Gasteiger partial charge is 0.231 e. The van der Waals surface area contributed by atoms with Gasteiger partial charge in [0.2, 0.25) is 6.79 Å². The standard InChI is InChI=1S/C11H11N3O2/c1-6-2-3-8-10(16-5-15-8)9(6)7-4-13-14-11(7)12/h2-4H,5H2,1H3,(H3,12,13,14). The largest absolute Gasteiger partial charge is 0.454 e. The number of anilines is 1. The normalized spacial score (nSPS) is 13.1. The van der Waals surface area contributed by atoms with Gasteiger partial charge in [0.05, 0.1) is 6.20 Å². The van der Waals surface area contributed by atoms with Gasteiger partial charge in [0.25, 0.3) is 0 Å². The number of H-pyrrole nitrogens is 1. The molecule has 1 aromatic heterocycles. The lowest BCUT2D eigenvalue weighted by atomic mass is 10.0. The van der Waals surface area contributed by atoms with Crippen LogP contribution in [0.2, 0.25) is 0 Å². The highest BCUT2D eigenvalue weighted by Crippen LogP contribution is 2.44. The predicted octanol–water partition coefficient (Wildman–Crippen LogP) is 1.70. The number of nitrogens with zero attached hydrogens (tertiary/aromatic N) is 1. The summed E-state index contributed by atoms with van der Waals surface area (Å²) in [5.41, 5.74) is 8.69. The molecule has 0 spiro atoms. The molecule has 0 fully saturated rings. The van der Waals surface area contributed by atoms with E-state index in [-0.39, 0.29) is 6.79 Å². The third kappa shape index (κ3) is 1.14. The lowest BCUT2D eigenvalue weighted by Crippen LogP contribution is -1.94. The third-order valence-electron chi connectivity index (χ3n) is 2.69. The molecule has 2 heterocycles. The summed E-state index contributed by atoms with van der Waals surface area (Å²) < 4.78 is 10.8. The molecule has 1 aromatic carbocycles. The van der Waals surface area contributed by atoms with E-state index in [0.717, 1.165) is 28.2 Å². The molecule has 5 nitrogen and oxygen atoms in total. The average Bonchev–Trinajstić information content (AvgIpc) is 2.87. The highest BCUT2D eigenvalue weighted by atomic mass is 16.7. The molecule has 0 unspecified atom stereocenters. The Morgan fingerprint density at radius 1 is 1.38 bits per heavy atom. The van der Waals surface area contributed by atoms with E-state index in [1.165, 1.54) is 0 Å². The van der Waals surface area contributed by atoms with Crippen LogP contribution < -0.4 is 15.2 Å². The van der Waals surface area contributed by atoms with Crippen LogP contribution in [0.25, 0.3) is 11.1 Å². The van der Waals surface area contributed by atoms with E-state index in [4.69, 9.17) is 15.2 Å². The third-order valence-corrected chi connectivity index (χ3v) is 2.69. The molecule has 16 heavy (non-hydrogen) atoms. The van der Waals surface area contributed by atoms with Crippen molar-refractivity contribution in [2.75, 3.05) is 12.5 Å². The van der Waals surface area contributed by atoms with Crippen LogP contribution in [0.4, 0.5) is 5.82 Å². The van der Waals surface area contributed by atoms with Crippen LogP contribution in [0.1, 0.15) is 5.56 Å². The molecule has 0 amide bonds. The molecule has 1 aliphatic heterocycles. The topological polar surface area (TPSA) is 73.2 Å². The molecule has 1 aliphatic rings. The molecular weight excluding hydrogens is 206 g/mol. The van der Waals surface area contributed by atoms with Gasteiger partial charge < -0.3 is 15.2 Å². The van der Waals surface area contributed by atoms with Gasteiger partial charge in [-0.25, -0.2) is 0 Å². The van der Waals surface area contributed by atoms with Crippen molar-refractivity contribution >= 4 is 5.82 Å². The number of rotatable bonds is 1. The summed E-state index contributed by atoms with van der Waals surface area (Å²) >= 11 is 0. The summed E-state index contributed by atoms with van der Waals surface area (Å²) in [7, 11) is 0. The summed E-state index contributed by atoms with van der Waals surface area (Å²) in [5.74, 6) is 2.03. The minimum absolute atomic E-state index is 0.254. The molecule has 82 valence electrons. The number of hydrogen-bond donors (Lipinski definition) is 2. The van der Waals surface area contributed by atoms with Gasteiger partial charge in [-0.1, -0.05) is 6.07 Å². The molecule has 0 bridgehead atoms. The molecule has 0 saturated heterocycles. The summed E-state index contributed by atoms with van der Waals surface area (Å²) in [4.78, 5) is 0. The van der Waals surface area contributed by atoms with Crippen LogP contribution in [0.15, 0.2) is 18.3 Å². The van der Waals surface area contributed by atoms with Crippen molar-refractivity contribution < 1.29 is 9.47 Å². The van der Waals surface area contributed by atoms with Gasteiger partial charge in [-0.15, -0.1) is 0 Å². The Morgan fingerprint density at radius 3 is 3.00 bits per heavy atom. The van der Waals surface area contributed by atoms with E-state index < -0.39 is 0 Å². The van der Waals surface area contributed by atoms with E-state index in [0.29, 0.717) is 5.82 Å². The molecule has 2 aromatic rings. The highest BCUT2D eigenvalue weighted by Gasteiger charge is 2.22. The first-order valence-corrected chi connectivity index (χ1v) is 4.96. The maximum absolute atomic E-state index is 5.82. The van der Waals surface area contributed by atoms with E-state index in [9.17, 15) is 0 Å². The van der Waals surface area contributed by atoms with Crippen LogP contribution in [0.3, 0.4) is 0 Å². The number of fused-ring (bicyclic) bond motifs is 1. The first-order chi connectivity index (χ1) is 7.77. The lowest BCUT2D eigenvalue weighted by Gasteiger charge is -2.08. The fraction of sp³-hybridized carbons (Fsp3) is 0.182. The molecule has 5 heteroatoms. The van der Waals surface area contributed by atoms with Crippen molar-refractivity contribution in [2.45, 2.75) is 6.92 Å². The Morgan fingerprint density at radius 2 is 2.25 bits per heavy atom. The Bertz CT molecular complexity index is 548. The first-order valence-electron chi connectivity index (χ1n) is 4.96. The maximum Gasteiger partial charge on any atom is 0.231 e. The maximum atomic E-state index is 5.82. The molecule has 0 radical (unpaired) electrons. The van der Waals surface area contributed by atoms with Gasteiger partial charge in [0.1, 0.15) is 5.82 Å². The summed E-state index contributed by atoms with van der Waals surface area (Å²) in [6.07, 6.45) is 1.69. The van der Waals surface area contributed by atoms with E-state index in [2.05, 4.69) is 10.2 Å². The fourth-order valence-electron chi connectivity index (χ4n) is 1.90. The van der Waals surface area contributed by atoms with Gasteiger partial charge in [0, 0.05) is 11.1 Å². The minimum atomic E-state index is 0.254. The van der Waals surface area contributed by atoms with Gasteiger partial charge in [-0.2, -0.15) is 5.10 Å². The molecule has 0 atom stereocenters. The van der Waals surface area contributed by atoms with Crippen LogP contribution in [-0.4, -0.2) is 17.0 Å². The van der Waals surface area contributed by atoms with Crippen molar-refractivity contribution in [3.8, 4) is 22.6 Å². The number of nitrogens with one attached hydrogen (secondary N) is 1. The number of benzene rings is 1. The number of aryl methyl sites for hydroxylation is 1. The monoisotopic (exact) mass is 217 g/mol. The van der Waals surface area contributed by atoms with Crippen molar-refractivity contribution in [2.24, 2.45) is 0 Å². The van der Waals surface area contributed by atoms with Gasteiger partial charge in [-0.05, 0) is 18.6 Å². The van der Waals surface area contributed by atoms with E-state index in [1.807, 2.05) is 19.1 Å². The summed E-state index contributed by atoms with van der Waals surface area (Å²) in [5, 5.41) is 6.64. The Balaban J connectivity index is 2.28. The molecule has 3 rings (SSSR count). The zero-order chi connectivity index (χ0) is 11.1. The van der Waals surface area contributed by atoms with Crippen molar-refractivity contribution in [1.82, 2.24) is 10.2 Å². The fourth-order valence-corrected chi connectivity index (χ4v) is 1.90. The Hall–Kier alpha value is -2.17. The van der Waals surface area contributed by atoms with E-state index in [1.54, 1.807) is 6.20 Å². The van der Waals surface area contributed by atoms with Crippen molar-refractivity contribution in [3.63, 3.8) is 0 Å². The lowest BCUT2D eigenvalue weighted by molar-refractivity contribution is 0.174. The number of nitrogen functional groups attached to an aromatic ring is 1. The number of aromatic nitrogens is 2. The van der Waals surface area contributed by atoms with Crippen LogP contribution in [0, 0.1) is 6.92 Å². The van der Waals surface area contributed by atoms with Gasteiger partial charge >= 0.3 is 0 Å². The zero-order valence-electron chi connectivity index (χ0n) is 8.78. The second-order valence-corrected chi connectivity index (χ2v) is 3.69. The Labute approximate surface area is 92.2 Å². The second kappa shape index (κ2) is 3.16.